The lowest BCUT2D eigenvalue weighted by Gasteiger charge is -2.09. The lowest BCUT2D eigenvalue weighted by molar-refractivity contribution is -0.384. The highest BCUT2D eigenvalue weighted by Crippen LogP contribution is 2.28. The van der Waals surface area contributed by atoms with Crippen LogP contribution in [0.5, 0.6) is 0 Å². The third-order valence-electron chi connectivity index (χ3n) is 3.43. The van der Waals surface area contributed by atoms with E-state index in [0.717, 1.165) is 0 Å². The lowest BCUT2D eigenvalue weighted by Crippen LogP contribution is -2.35. The van der Waals surface area contributed by atoms with Gasteiger partial charge in [-0.25, -0.2) is 8.78 Å². The first kappa shape index (κ1) is 14.3. The van der Waals surface area contributed by atoms with E-state index in [1.54, 1.807) is 0 Å². The van der Waals surface area contributed by atoms with Gasteiger partial charge in [-0.15, -0.1) is 0 Å². The zero-order valence-corrected chi connectivity index (χ0v) is 11.1. The lowest BCUT2D eigenvalue weighted by atomic mass is 10.1. The zero-order valence-electron chi connectivity index (χ0n) is 11.1. The first-order valence-corrected chi connectivity index (χ1v) is 6.40. The maximum Gasteiger partial charge on any atom is 0.270 e. The number of benzene rings is 1. The standard InChI is InChI=1S/C12H11F2N5O3/c13-12(14)4-9(15-5-12)11(20)16-10-7-3-6(19(21)22)1-2-8(7)17-18-10/h1-3,9,15H,4-5H2,(H2,16,17,18,20). The number of nitro groups is 1. The highest BCUT2D eigenvalue weighted by molar-refractivity contribution is 6.02. The molecule has 0 radical (unpaired) electrons. The number of amides is 1. The summed E-state index contributed by atoms with van der Waals surface area (Å²) in [7, 11) is 0. The Kier molecular flexibility index (Phi) is 3.24. The van der Waals surface area contributed by atoms with Gasteiger partial charge in [0.05, 0.1) is 28.4 Å². The zero-order chi connectivity index (χ0) is 15.9. The molecule has 116 valence electrons. The van der Waals surface area contributed by atoms with Crippen molar-refractivity contribution in [2.75, 3.05) is 11.9 Å². The van der Waals surface area contributed by atoms with Gasteiger partial charge in [-0.3, -0.25) is 25.3 Å². The van der Waals surface area contributed by atoms with E-state index >= 15 is 0 Å². The van der Waals surface area contributed by atoms with E-state index < -0.39 is 35.8 Å². The first-order valence-electron chi connectivity index (χ1n) is 6.40. The average Bonchev–Trinajstić information content (AvgIpc) is 3.02. The molecule has 0 spiro atoms. The number of hydrogen-bond donors (Lipinski definition) is 3. The summed E-state index contributed by atoms with van der Waals surface area (Å²) in [6.45, 7) is -0.558. The topological polar surface area (TPSA) is 113 Å². The molecule has 1 saturated heterocycles. The Bertz CT molecular complexity index is 760. The summed E-state index contributed by atoms with van der Waals surface area (Å²) in [4.78, 5) is 22.2. The van der Waals surface area contributed by atoms with Crippen LogP contribution in [0.4, 0.5) is 20.3 Å². The van der Waals surface area contributed by atoms with Gasteiger partial charge >= 0.3 is 0 Å². The van der Waals surface area contributed by atoms with Crippen LogP contribution in [-0.2, 0) is 4.79 Å². The van der Waals surface area contributed by atoms with Crippen LogP contribution in [-0.4, -0.2) is 39.5 Å². The molecule has 10 heteroatoms. The monoisotopic (exact) mass is 311 g/mol. The van der Waals surface area contributed by atoms with E-state index in [4.69, 9.17) is 0 Å². The molecule has 0 saturated carbocycles. The number of nitro benzene ring substituents is 1. The molecule has 2 aromatic rings. The van der Waals surface area contributed by atoms with Crippen molar-refractivity contribution in [3.63, 3.8) is 0 Å². The Hall–Kier alpha value is -2.62. The van der Waals surface area contributed by atoms with Gasteiger partial charge in [0.2, 0.25) is 5.91 Å². The third-order valence-corrected chi connectivity index (χ3v) is 3.43. The molecule has 1 fully saturated rings. The minimum absolute atomic E-state index is 0.0701. The van der Waals surface area contributed by atoms with Gasteiger partial charge in [-0.2, -0.15) is 5.10 Å². The van der Waals surface area contributed by atoms with Crippen molar-refractivity contribution in [2.24, 2.45) is 0 Å². The number of fused-ring (bicyclic) bond motifs is 1. The number of hydrogen-bond acceptors (Lipinski definition) is 5. The summed E-state index contributed by atoms with van der Waals surface area (Å²) in [5.74, 6) is -3.51. The molecule has 1 unspecified atom stereocenters. The second-order valence-corrected chi connectivity index (χ2v) is 5.04. The van der Waals surface area contributed by atoms with Crippen LogP contribution in [0.15, 0.2) is 18.2 Å². The first-order chi connectivity index (χ1) is 10.4. The van der Waals surface area contributed by atoms with Gasteiger partial charge in [-0.1, -0.05) is 0 Å². The summed E-state index contributed by atoms with van der Waals surface area (Å²) in [6.07, 6.45) is -0.596. The van der Waals surface area contributed by atoms with Gasteiger partial charge in [0.25, 0.3) is 11.6 Å². The van der Waals surface area contributed by atoms with Crippen molar-refractivity contribution in [1.82, 2.24) is 15.5 Å². The van der Waals surface area contributed by atoms with Crippen molar-refractivity contribution < 1.29 is 18.5 Å². The summed E-state index contributed by atoms with van der Waals surface area (Å²) in [5, 5.41) is 22.4. The van der Waals surface area contributed by atoms with Crippen molar-refractivity contribution in [3.05, 3.63) is 28.3 Å². The number of anilines is 1. The van der Waals surface area contributed by atoms with E-state index in [-0.39, 0.29) is 11.5 Å². The number of non-ortho nitro benzene ring substituents is 1. The molecular formula is C12H11F2N5O3. The van der Waals surface area contributed by atoms with Crippen LogP contribution in [0.2, 0.25) is 0 Å². The number of aromatic amines is 1. The van der Waals surface area contributed by atoms with Crippen LogP contribution < -0.4 is 10.6 Å². The van der Waals surface area contributed by atoms with Crippen molar-refractivity contribution >= 4 is 28.3 Å². The number of nitrogens with one attached hydrogen (secondary N) is 3. The summed E-state index contributed by atoms with van der Waals surface area (Å²) in [5.41, 5.74) is 0.334. The highest BCUT2D eigenvalue weighted by Gasteiger charge is 2.42. The molecule has 0 bridgehead atoms. The number of alkyl halides is 2. The second-order valence-electron chi connectivity index (χ2n) is 5.04. The van der Waals surface area contributed by atoms with Crippen molar-refractivity contribution in [3.8, 4) is 0 Å². The number of rotatable bonds is 3. The van der Waals surface area contributed by atoms with Crippen LogP contribution in [0, 0.1) is 10.1 Å². The van der Waals surface area contributed by atoms with Gasteiger partial charge in [0.15, 0.2) is 5.82 Å². The van der Waals surface area contributed by atoms with E-state index in [0.29, 0.717) is 10.9 Å². The minimum Gasteiger partial charge on any atom is -0.307 e. The van der Waals surface area contributed by atoms with E-state index in [1.807, 2.05) is 0 Å². The van der Waals surface area contributed by atoms with Gasteiger partial charge < -0.3 is 5.32 Å². The van der Waals surface area contributed by atoms with Crippen molar-refractivity contribution in [1.29, 1.82) is 0 Å². The molecule has 3 N–H and O–H groups in total. The Morgan fingerprint density at radius 2 is 2.27 bits per heavy atom. The third kappa shape index (κ3) is 2.60. The van der Waals surface area contributed by atoms with Gasteiger partial charge in [0.1, 0.15) is 0 Å². The molecule has 1 aromatic carbocycles. The Balaban J connectivity index is 1.83. The van der Waals surface area contributed by atoms with E-state index in [2.05, 4.69) is 20.8 Å². The molecule has 1 aliphatic heterocycles. The molecule has 2 heterocycles. The Morgan fingerprint density at radius 3 is 2.91 bits per heavy atom. The van der Waals surface area contributed by atoms with Crippen LogP contribution in [0.1, 0.15) is 6.42 Å². The summed E-state index contributed by atoms with van der Waals surface area (Å²) >= 11 is 0. The molecule has 1 amide bonds. The molecule has 22 heavy (non-hydrogen) atoms. The quantitative estimate of drug-likeness (QED) is 0.586. The molecule has 0 aliphatic carbocycles. The van der Waals surface area contributed by atoms with E-state index in [9.17, 15) is 23.7 Å². The molecule has 3 rings (SSSR count). The maximum absolute atomic E-state index is 13.1. The fourth-order valence-corrected chi connectivity index (χ4v) is 2.32. The fourth-order valence-electron chi connectivity index (χ4n) is 2.32. The molecule has 8 nitrogen and oxygen atoms in total. The highest BCUT2D eigenvalue weighted by atomic mass is 19.3. The molecule has 1 aliphatic rings. The predicted octanol–water partition coefficient (Wildman–Crippen LogP) is 1.41. The fraction of sp³-hybridized carbons (Fsp3) is 0.333. The number of nitrogens with zero attached hydrogens (tertiary/aromatic N) is 2. The molecule has 1 aromatic heterocycles. The van der Waals surface area contributed by atoms with Crippen molar-refractivity contribution in [2.45, 2.75) is 18.4 Å². The second kappa shape index (κ2) is 4.98. The predicted molar refractivity (Wildman–Crippen MR) is 72.7 cm³/mol. The average molecular weight is 311 g/mol. The SMILES string of the molecule is O=C(Nc1n[nH]c2ccc([N+](=O)[O-])cc12)C1CC(F)(F)CN1. The Morgan fingerprint density at radius 1 is 1.50 bits per heavy atom. The van der Waals surface area contributed by atoms with Crippen LogP contribution >= 0.6 is 0 Å². The summed E-state index contributed by atoms with van der Waals surface area (Å²) in [6, 6.07) is 2.98. The van der Waals surface area contributed by atoms with Gasteiger partial charge in [-0.05, 0) is 6.07 Å². The Labute approximate surface area is 122 Å². The van der Waals surface area contributed by atoms with Gasteiger partial charge in [0, 0.05) is 18.6 Å². The maximum atomic E-state index is 13.1. The van der Waals surface area contributed by atoms with Crippen LogP contribution in [0.3, 0.4) is 0 Å². The normalized spacial score (nSPS) is 20.2. The number of halogens is 2. The number of carbonyl (C=O) groups excluding carboxylic acids is 1. The van der Waals surface area contributed by atoms with E-state index in [1.165, 1.54) is 18.2 Å². The number of carbonyl (C=O) groups is 1. The minimum atomic E-state index is -2.92. The smallest absolute Gasteiger partial charge is 0.270 e. The number of H-pyrrole nitrogens is 1. The molecular weight excluding hydrogens is 300 g/mol. The number of aromatic nitrogens is 2. The largest absolute Gasteiger partial charge is 0.307 e. The van der Waals surface area contributed by atoms with Crippen LogP contribution in [0.25, 0.3) is 10.9 Å². The molecule has 1 atom stereocenters. The summed E-state index contributed by atoms with van der Waals surface area (Å²) < 4.78 is 26.2.